The predicted octanol–water partition coefficient (Wildman–Crippen LogP) is -1.28. The van der Waals surface area contributed by atoms with E-state index in [2.05, 4.69) is 34.4 Å². The number of hydrazine groups is 1. The number of nitrogens with zero attached hydrogens (tertiary/aromatic N) is 3. The Morgan fingerprint density at radius 1 is 1.05 bits per heavy atom. The minimum atomic E-state index is -0.575. The molecule has 20 heavy (non-hydrogen) atoms. The van der Waals surface area contributed by atoms with Crippen LogP contribution in [0.2, 0.25) is 0 Å². The molecule has 0 aromatic carbocycles. The first-order valence-electron chi connectivity index (χ1n) is 7.31. The molecule has 0 spiro atoms. The number of nitrogens with one attached hydrogen (secondary N) is 2. The van der Waals surface area contributed by atoms with Crippen LogP contribution < -0.4 is 10.7 Å². The Bertz CT molecular complexity index is 312. The van der Waals surface area contributed by atoms with E-state index in [4.69, 9.17) is 0 Å². The van der Waals surface area contributed by atoms with E-state index in [9.17, 15) is 9.59 Å². The Balaban J connectivity index is 2.20. The van der Waals surface area contributed by atoms with Crippen molar-refractivity contribution in [1.29, 1.82) is 0 Å². The van der Waals surface area contributed by atoms with E-state index < -0.39 is 11.8 Å². The summed E-state index contributed by atoms with van der Waals surface area (Å²) < 4.78 is 0. The lowest BCUT2D eigenvalue weighted by Crippen LogP contribution is -2.55. The van der Waals surface area contributed by atoms with Gasteiger partial charge in [-0.1, -0.05) is 13.8 Å². The van der Waals surface area contributed by atoms with Gasteiger partial charge < -0.3 is 15.1 Å². The average Bonchev–Trinajstić information content (AvgIpc) is 2.45. The smallest absolute Gasteiger partial charge is 0.323 e. The quantitative estimate of drug-likeness (QED) is 0.595. The molecule has 7 heteroatoms. The van der Waals surface area contributed by atoms with Crippen molar-refractivity contribution in [2.75, 3.05) is 59.4 Å². The first-order valence-corrected chi connectivity index (χ1v) is 7.31. The fourth-order valence-corrected chi connectivity index (χ4v) is 2.06. The Labute approximate surface area is 121 Å². The van der Waals surface area contributed by atoms with Crippen molar-refractivity contribution in [3.8, 4) is 0 Å². The number of carbonyl (C=O) groups excluding carboxylic acids is 2. The maximum Gasteiger partial charge on any atom is 0.323 e. The summed E-state index contributed by atoms with van der Waals surface area (Å²) in [5.74, 6) is -1.13. The Hall–Kier alpha value is -1.18. The molecule has 0 atom stereocenters. The Morgan fingerprint density at radius 2 is 1.65 bits per heavy atom. The highest BCUT2D eigenvalue weighted by molar-refractivity contribution is 6.34. The molecular formula is C13H27N5O2. The molecule has 0 aliphatic carbocycles. The monoisotopic (exact) mass is 285 g/mol. The van der Waals surface area contributed by atoms with Gasteiger partial charge in [-0.05, 0) is 20.1 Å². The van der Waals surface area contributed by atoms with E-state index in [1.165, 1.54) is 0 Å². The third kappa shape index (κ3) is 5.85. The summed E-state index contributed by atoms with van der Waals surface area (Å²) in [6, 6.07) is 0. The maximum atomic E-state index is 11.7. The number of rotatable bonds is 6. The predicted molar refractivity (Wildman–Crippen MR) is 78.0 cm³/mol. The van der Waals surface area contributed by atoms with Crippen LogP contribution in [-0.2, 0) is 9.59 Å². The maximum absolute atomic E-state index is 11.7. The lowest BCUT2D eigenvalue weighted by Gasteiger charge is -2.32. The highest BCUT2D eigenvalue weighted by Crippen LogP contribution is 1.95. The first kappa shape index (κ1) is 16.9. The first-order chi connectivity index (χ1) is 9.56. The van der Waals surface area contributed by atoms with Gasteiger partial charge in [0.2, 0.25) is 0 Å². The Kier molecular flexibility index (Phi) is 7.50. The summed E-state index contributed by atoms with van der Waals surface area (Å²) in [7, 11) is 2.04. The van der Waals surface area contributed by atoms with Crippen molar-refractivity contribution >= 4 is 11.8 Å². The van der Waals surface area contributed by atoms with Crippen LogP contribution in [0, 0.1) is 0 Å². The standard InChI is InChI=1S/C13H27N5O2/c1-4-17(5-2)7-6-14-12(19)13(20)15-18-10-8-16(3)9-11-18/h4-11H2,1-3H3,(H,14,19)(H,15,20). The average molecular weight is 285 g/mol. The van der Waals surface area contributed by atoms with Crippen LogP contribution in [0.5, 0.6) is 0 Å². The lowest BCUT2D eigenvalue weighted by atomic mass is 10.4. The summed E-state index contributed by atoms with van der Waals surface area (Å²) in [6.45, 7) is 10.6. The Morgan fingerprint density at radius 3 is 2.20 bits per heavy atom. The van der Waals surface area contributed by atoms with E-state index in [-0.39, 0.29) is 0 Å². The van der Waals surface area contributed by atoms with Gasteiger partial charge in [-0.3, -0.25) is 15.0 Å². The number of amides is 2. The zero-order valence-electron chi connectivity index (χ0n) is 12.8. The summed E-state index contributed by atoms with van der Waals surface area (Å²) >= 11 is 0. The second kappa shape index (κ2) is 8.89. The van der Waals surface area contributed by atoms with E-state index in [1.54, 1.807) is 5.01 Å². The highest BCUT2D eigenvalue weighted by Gasteiger charge is 2.19. The van der Waals surface area contributed by atoms with Crippen LogP contribution in [0.1, 0.15) is 13.8 Å². The van der Waals surface area contributed by atoms with Crippen LogP contribution in [0.4, 0.5) is 0 Å². The van der Waals surface area contributed by atoms with E-state index in [1.807, 2.05) is 7.05 Å². The fraction of sp³-hybridized carbons (Fsp3) is 0.846. The second-order valence-electron chi connectivity index (χ2n) is 5.01. The molecule has 7 nitrogen and oxygen atoms in total. The summed E-state index contributed by atoms with van der Waals surface area (Å²) in [6.07, 6.45) is 0. The van der Waals surface area contributed by atoms with E-state index in [0.29, 0.717) is 6.54 Å². The molecule has 0 aromatic rings. The SMILES string of the molecule is CCN(CC)CCNC(=O)C(=O)NN1CCN(C)CC1. The number of hydrogen-bond donors (Lipinski definition) is 2. The van der Waals surface area contributed by atoms with E-state index >= 15 is 0 Å². The summed E-state index contributed by atoms with van der Waals surface area (Å²) in [5, 5.41) is 4.45. The van der Waals surface area contributed by atoms with Crippen molar-refractivity contribution < 1.29 is 9.59 Å². The summed E-state index contributed by atoms with van der Waals surface area (Å²) in [5.41, 5.74) is 2.65. The minimum Gasteiger partial charge on any atom is -0.347 e. The number of carbonyl (C=O) groups is 2. The number of piperazine rings is 1. The van der Waals surface area contributed by atoms with Crippen molar-refractivity contribution in [3.63, 3.8) is 0 Å². The zero-order valence-corrected chi connectivity index (χ0v) is 12.8. The van der Waals surface area contributed by atoms with Gasteiger partial charge in [-0.15, -0.1) is 0 Å². The van der Waals surface area contributed by atoms with E-state index in [0.717, 1.165) is 45.8 Å². The molecular weight excluding hydrogens is 258 g/mol. The third-order valence-electron chi connectivity index (χ3n) is 3.58. The lowest BCUT2D eigenvalue weighted by molar-refractivity contribution is -0.142. The van der Waals surface area contributed by atoms with Crippen molar-refractivity contribution in [2.24, 2.45) is 0 Å². The topological polar surface area (TPSA) is 67.9 Å². The van der Waals surface area contributed by atoms with Crippen molar-refractivity contribution in [1.82, 2.24) is 25.6 Å². The van der Waals surface area contributed by atoms with Crippen LogP contribution in [0.15, 0.2) is 0 Å². The van der Waals surface area contributed by atoms with Gasteiger partial charge in [-0.2, -0.15) is 0 Å². The number of hydrogen-bond acceptors (Lipinski definition) is 5. The van der Waals surface area contributed by atoms with Gasteiger partial charge in [0, 0.05) is 39.3 Å². The molecule has 1 rings (SSSR count). The number of likely N-dealkylation sites (N-methyl/N-ethyl adjacent to an activating group) is 2. The highest BCUT2D eigenvalue weighted by atomic mass is 16.2. The molecule has 1 saturated heterocycles. The molecule has 2 N–H and O–H groups in total. The van der Waals surface area contributed by atoms with Crippen molar-refractivity contribution in [2.45, 2.75) is 13.8 Å². The van der Waals surface area contributed by atoms with Gasteiger partial charge in [0.25, 0.3) is 0 Å². The van der Waals surface area contributed by atoms with Crippen LogP contribution >= 0.6 is 0 Å². The minimum absolute atomic E-state index is 0.497. The van der Waals surface area contributed by atoms with Gasteiger partial charge in [0.15, 0.2) is 0 Å². The van der Waals surface area contributed by atoms with Gasteiger partial charge in [0.1, 0.15) is 0 Å². The molecule has 1 aliphatic rings. The zero-order chi connectivity index (χ0) is 15.0. The van der Waals surface area contributed by atoms with Gasteiger partial charge in [0.05, 0.1) is 0 Å². The molecule has 0 bridgehead atoms. The fourth-order valence-electron chi connectivity index (χ4n) is 2.06. The van der Waals surface area contributed by atoms with Gasteiger partial charge >= 0.3 is 11.8 Å². The van der Waals surface area contributed by atoms with Crippen molar-refractivity contribution in [3.05, 3.63) is 0 Å². The van der Waals surface area contributed by atoms with Crippen LogP contribution in [-0.4, -0.2) is 86.0 Å². The molecule has 0 radical (unpaired) electrons. The molecule has 1 fully saturated rings. The molecule has 0 unspecified atom stereocenters. The van der Waals surface area contributed by atoms with Crippen LogP contribution in [0.25, 0.3) is 0 Å². The molecule has 116 valence electrons. The van der Waals surface area contributed by atoms with Crippen LogP contribution in [0.3, 0.4) is 0 Å². The largest absolute Gasteiger partial charge is 0.347 e. The molecule has 1 aliphatic heterocycles. The molecule has 2 amide bonds. The van der Waals surface area contributed by atoms with Gasteiger partial charge in [-0.25, -0.2) is 5.01 Å². The third-order valence-corrected chi connectivity index (χ3v) is 3.58. The molecule has 1 heterocycles. The second-order valence-corrected chi connectivity index (χ2v) is 5.01. The normalized spacial score (nSPS) is 17.2. The molecule has 0 saturated carbocycles. The summed E-state index contributed by atoms with van der Waals surface area (Å²) in [4.78, 5) is 27.8. The molecule has 0 aromatic heterocycles.